The summed E-state index contributed by atoms with van der Waals surface area (Å²) in [7, 11) is 0. The molecule has 0 heterocycles. The number of carbonyl (C=O) groups excluding carboxylic acids is 2. The maximum absolute atomic E-state index is 12.2. The number of alkyl halides is 3. The van der Waals surface area contributed by atoms with E-state index in [2.05, 4.69) is 15.4 Å². The largest absolute Gasteiger partial charge is 0.573 e. The van der Waals surface area contributed by atoms with Crippen LogP contribution in [0.25, 0.3) is 0 Å². The van der Waals surface area contributed by atoms with Gasteiger partial charge < -0.3 is 21.1 Å². The first-order valence-corrected chi connectivity index (χ1v) is 6.56. The van der Waals surface area contributed by atoms with Gasteiger partial charge in [0.1, 0.15) is 5.75 Å². The number of nitrogens with two attached hydrogens (primary N) is 1. The van der Waals surface area contributed by atoms with Crippen molar-refractivity contribution in [2.75, 3.05) is 10.6 Å². The Kier molecular flexibility index (Phi) is 4.93. The number of carbonyl (C=O) groups is 2. The summed E-state index contributed by atoms with van der Waals surface area (Å²) >= 11 is 0. The summed E-state index contributed by atoms with van der Waals surface area (Å²) in [5, 5.41) is 4.78. The molecule has 0 aliphatic heterocycles. The normalized spacial score (nSPS) is 10.8. The number of hydrogen-bond donors (Lipinski definition) is 3. The molecule has 0 aliphatic rings. The molecule has 0 saturated heterocycles. The van der Waals surface area contributed by atoms with Crippen molar-refractivity contribution in [3.05, 3.63) is 54.1 Å². The Balaban J connectivity index is 2.06. The van der Waals surface area contributed by atoms with Gasteiger partial charge in [-0.3, -0.25) is 4.79 Å². The number of benzene rings is 2. The minimum atomic E-state index is -4.81. The summed E-state index contributed by atoms with van der Waals surface area (Å²) in [6.45, 7) is 0. The molecule has 0 bridgehead atoms. The zero-order chi connectivity index (χ0) is 17.7. The third-order valence-electron chi connectivity index (χ3n) is 2.74. The summed E-state index contributed by atoms with van der Waals surface area (Å²) in [6, 6.07) is 9.94. The lowest BCUT2D eigenvalue weighted by Gasteiger charge is -2.11. The summed E-state index contributed by atoms with van der Waals surface area (Å²) in [5.74, 6) is -0.980. The Labute approximate surface area is 134 Å². The fraction of sp³-hybridized carbons (Fsp3) is 0.0667. The Morgan fingerprint density at radius 1 is 0.958 bits per heavy atom. The summed E-state index contributed by atoms with van der Waals surface area (Å²) < 4.78 is 40.3. The highest BCUT2D eigenvalue weighted by atomic mass is 19.4. The lowest BCUT2D eigenvalue weighted by molar-refractivity contribution is -0.274. The number of nitrogens with one attached hydrogen (secondary N) is 2. The Morgan fingerprint density at radius 3 is 2.21 bits per heavy atom. The summed E-state index contributed by atoms with van der Waals surface area (Å²) in [6.07, 6.45) is -4.81. The molecule has 3 amide bonds. The SMILES string of the molecule is NC(=O)Nc1ccc(C(=O)Nc2cccc(OC(F)(F)F)c2)cc1. The van der Waals surface area contributed by atoms with Gasteiger partial charge in [-0.25, -0.2) is 4.79 Å². The lowest BCUT2D eigenvalue weighted by atomic mass is 10.2. The third kappa shape index (κ3) is 5.20. The molecule has 126 valence electrons. The molecule has 4 N–H and O–H groups in total. The van der Waals surface area contributed by atoms with Crippen molar-refractivity contribution in [3.8, 4) is 5.75 Å². The highest BCUT2D eigenvalue weighted by Crippen LogP contribution is 2.25. The number of urea groups is 1. The van der Waals surface area contributed by atoms with E-state index in [-0.39, 0.29) is 11.3 Å². The molecule has 0 saturated carbocycles. The second-order valence-electron chi connectivity index (χ2n) is 4.60. The van der Waals surface area contributed by atoms with Gasteiger partial charge in [0, 0.05) is 23.0 Å². The van der Waals surface area contributed by atoms with Crippen LogP contribution in [0.4, 0.5) is 29.3 Å². The Bertz CT molecular complexity index is 746. The van der Waals surface area contributed by atoms with Crippen molar-refractivity contribution in [3.63, 3.8) is 0 Å². The minimum Gasteiger partial charge on any atom is -0.406 e. The minimum absolute atomic E-state index is 0.140. The fourth-order valence-corrected chi connectivity index (χ4v) is 1.82. The molecule has 2 aromatic rings. The van der Waals surface area contributed by atoms with E-state index in [1.54, 1.807) is 0 Å². The maximum Gasteiger partial charge on any atom is 0.573 e. The predicted molar refractivity (Wildman–Crippen MR) is 80.7 cm³/mol. The van der Waals surface area contributed by atoms with Gasteiger partial charge in [-0.05, 0) is 36.4 Å². The van der Waals surface area contributed by atoms with E-state index in [1.165, 1.54) is 36.4 Å². The zero-order valence-corrected chi connectivity index (χ0v) is 12.1. The van der Waals surface area contributed by atoms with Crippen LogP contribution in [0.5, 0.6) is 5.75 Å². The van der Waals surface area contributed by atoms with Crippen LogP contribution in [0.3, 0.4) is 0 Å². The summed E-state index contributed by atoms with van der Waals surface area (Å²) in [5.41, 5.74) is 5.75. The number of hydrogen-bond acceptors (Lipinski definition) is 3. The van der Waals surface area contributed by atoms with Gasteiger partial charge in [0.15, 0.2) is 0 Å². The first kappa shape index (κ1) is 17.1. The van der Waals surface area contributed by atoms with Crippen LogP contribution >= 0.6 is 0 Å². The predicted octanol–water partition coefficient (Wildman–Crippen LogP) is 3.33. The number of rotatable bonds is 4. The van der Waals surface area contributed by atoms with Gasteiger partial charge >= 0.3 is 12.4 Å². The van der Waals surface area contributed by atoms with Crippen LogP contribution in [-0.2, 0) is 0 Å². The molecule has 0 aliphatic carbocycles. The monoisotopic (exact) mass is 339 g/mol. The highest BCUT2D eigenvalue weighted by Gasteiger charge is 2.31. The molecule has 0 unspecified atom stereocenters. The maximum atomic E-state index is 12.2. The standard InChI is InChI=1S/C15H12F3N3O3/c16-15(17,18)24-12-3-1-2-11(8-12)20-13(22)9-4-6-10(7-5-9)21-14(19)23/h1-8H,(H,20,22)(H3,19,21,23). The van der Waals surface area contributed by atoms with E-state index < -0.39 is 24.1 Å². The second kappa shape index (κ2) is 6.90. The first-order chi connectivity index (χ1) is 11.2. The molecule has 0 fully saturated rings. The van der Waals surface area contributed by atoms with E-state index in [4.69, 9.17) is 5.73 Å². The fourth-order valence-electron chi connectivity index (χ4n) is 1.82. The van der Waals surface area contributed by atoms with Crippen molar-refractivity contribution in [1.82, 2.24) is 0 Å². The van der Waals surface area contributed by atoms with Crippen LogP contribution in [0, 0.1) is 0 Å². The lowest BCUT2D eigenvalue weighted by Crippen LogP contribution is -2.19. The second-order valence-corrected chi connectivity index (χ2v) is 4.60. The van der Waals surface area contributed by atoms with Gasteiger partial charge in [-0.15, -0.1) is 13.2 Å². The van der Waals surface area contributed by atoms with E-state index in [9.17, 15) is 22.8 Å². The molecule has 9 heteroatoms. The molecule has 0 spiro atoms. The van der Waals surface area contributed by atoms with Gasteiger partial charge in [0.05, 0.1) is 0 Å². The molecule has 0 radical (unpaired) electrons. The Morgan fingerprint density at radius 2 is 1.62 bits per heavy atom. The molecule has 0 atom stereocenters. The number of amides is 3. The topological polar surface area (TPSA) is 93.5 Å². The molecular formula is C15H12F3N3O3. The quantitative estimate of drug-likeness (QED) is 0.797. The van der Waals surface area contributed by atoms with Crippen LogP contribution < -0.4 is 21.1 Å². The molecule has 0 aromatic heterocycles. The van der Waals surface area contributed by atoms with Gasteiger partial charge in [-0.1, -0.05) is 6.07 Å². The molecule has 2 rings (SSSR count). The molecule has 24 heavy (non-hydrogen) atoms. The third-order valence-corrected chi connectivity index (χ3v) is 2.74. The van der Waals surface area contributed by atoms with Crippen molar-refractivity contribution in [2.45, 2.75) is 6.36 Å². The van der Waals surface area contributed by atoms with Crippen molar-refractivity contribution in [1.29, 1.82) is 0 Å². The van der Waals surface area contributed by atoms with Crippen LogP contribution in [0.15, 0.2) is 48.5 Å². The average Bonchev–Trinajstić information content (AvgIpc) is 2.45. The zero-order valence-electron chi connectivity index (χ0n) is 12.1. The summed E-state index contributed by atoms with van der Waals surface area (Å²) in [4.78, 5) is 22.8. The smallest absolute Gasteiger partial charge is 0.406 e. The van der Waals surface area contributed by atoms with Gasteiger partial charge in [0.2, 0.25) is 0 Å². The number of halogens is 3. The van der Waals surface area contributed by atoms with Crippen LogP contribution in [0.1, 0.15) is 10.4 Å². The number of ether oxygens (including phenoxy) is 1. The van der Waals surface area contributed by atoms with Crippen molar-refractivity contribution >= 4 is 23.3 Å². The molecular weight excluding hydrogens is 327 g/mol. The Hall–Kier alpha value is -3.23. The molecule has 2 aromatic carbocycles. The van der Waals surface area contributed by atoms with E-state index >= 15 is 0 Å². The number of primary amides is 1. The average molecular weight is 339 g/mol. The number of anilines is 2. The van der Waals surface area contributed by atoms with E-state index in [1.807, 2.05) is 0 Å². The van der Waals surface area contributed by atoms with Crippen molar-refractivity contribution < 1.29 is 27.5 Å². The van der Waals surface area contributed by atoms with Crippen LogP contribution in [0.2, 0.25) is 0 Å². The molecule has 6 nitrogen and oxygen atoms in total. The van der Waals surface area contributed by atoms with E-state index in [0.29, 0.717) is 5.69 Å². The highest BCUT2D eigenvalue weighted by molar-refractivity contribution is 6.04. The van der Waals surface area contributed by atoms with Crippen LogP contribution in [-0.4, -0.2) is 18.3 Å². The van der Waals surface area contributed by atoms with E-state index in [0.717, 1.165) is 12.1 Å². The van der Waals surface area contributed by atoms with Gasteiger partial charge in [-0.2, -0.15) is 0 Å². The van der Waals surface area contributed by atoms with Crippen molar-refractivity contribution in [2.24, 2.45) is 5.73 Å². The van der Waals surface area contributed by atoms with Gasteiger partial charge in [0.25, 0.3) is 5.91 Å². The first-order valence-electron chi connectivity index (χ1n) is 6.56.